The van der Waals surface area contributed by atoms with Crippen LogP contribution in [-0.2, 0) is 9.63 Å². The van der Waals surface area contributed by atoms with Gasteiger partial charge in [-0.1, -0.05) is 24.2 Å². The van der Waals surface area contributed by atoms with Crippen molar-refractivity contribution in [1.29, 1.82) is 0 Å². The predicted octanol–water partition coefficient (Wildman–Crippen LogP) is 3.69. The van der Waals surface area contributed by atoms with E-state index in [1.807, 2.05) is 0 Å². The summed E-state index contributed by atoms with van der Waals surface area (Å²) >= 11 is 0. The molecule has 158 valence electrons. The van der Waals surface area contributed by atoms with Crippen molar-refractivity contribution in [2.24, 2.45) is 38.9 Å². The Morgan fingerprint density at radius 1 is 1.14 bits per heavy atom. The summed E-state index contributed by atoms with van der Waals surface area (Å²) in [7, 11) is 0. The lowest BCUT2D eigenvalue weighted by molar-refractivity contribution is -0.131. The molecule has 4 aliphatic carbocycles. The molecule has 4 fully saturated rings. The molecular formula is C23H33N3O3. The summed E-state index contributed by atoms with van der Waals surface area (Å²) < 4.78 is 0. The highest BCUT2D eigenvalue weighted by Crippen LogP contribution is 2.63. The van der Waals surface area contributed by atoms with E-state index < -0.39 is 0 Å². The summed E-state index contributed by atoms with van der Waals surface area (Å²) in [5, 5.41) is 21.4. The molecule has 0 amide bonds. The number of hydrogen-bond acceptors (Lipinski definition) is 6. The number of carbonyl (C=O) groups excluding carboxylic acids is 1. The Kier molecular flexibility index (Phi) is 4.61. The first-order valence-corrected chi connectivity index (χ1v) is 11.4. The zero-order valence-corrected chi connectivity index (χ0v) is 17.6. The van der Waals surface area contributed by atoms with Gasteiger partial charge in [-0.15, -0.1) is 0 Å². The van der Waals surface area contributed by atoms with Crippen LogP contribution in [0.4, 0.5) is 0 Å². The van der Waals surface area contributed by atoms with Gasteiger partial charge >= 0.3 is 0 Å². The molecule has 0 spiro atoms. The van der Waals surface area contributed by atoms with E-state index in [0.717, 1.165) is 81.5 Å². The zero-order chi connectivity index (χ0) is 20.2. The molecule has 0 radical (unpaired) electrons. The average molecular weight is 400 g/mol. The SMILES string of the molecule is C[C@]12CC/C(=N/O[C@H]3CCNC3)C=C1/C(=N/O)C[C@@H]1[C@@H]2CC[C@]2(C)C(=O)CC[C@@H]12. The fraction of sp³-hybridized carbons (Fsp3) is 0.783. The first-order chi connectivity index (χ1) is 14.0. The van der Waals surface area contributed by atoms with Crippen LogP contribution in [0.3, 0.4) is 0 Å². The van der Waals surface area contributed by atoms with Gasteiger partial charge in [0, 0.05) is 24.8 Å². The quantitative estimate of drug-likeness (QED) is 0.548. The Bertz CT molecular complexity index is 797. The molecule has 0 unspecified atom stereocenters. The van der Waals surface area contributed by atoms with Crippen LogP contribution in [0.5, 0.6) is 0 Å². The van der Waals surface area contributed by atoms with E-state index in [0.29, 0.717) is 23.5 Å². The Morgan fingerprint density at radius 3 is 2.72 bits per heavy atom. The normalized spacial score (nSPS) is 47.0. The Hall–Kier alpha value is -1.69. The first kappa shape index (κ1) is 19.3. The maximum atomic E-state index is 12.6. The minimum atomic E-state index is -0.163. The summed E-state index contributed by atoms with van der Waals surface area (Å²) in [4.78, 5) is 18.4. The van der Waals surface area contributed by atoms with Crippen molar-refractivity contribution >= 4 is 17.2 Å². The van der Waals surface area contributed by atoms with E-state index in [1.54, 1.807) is 0 Å². The van der Waals surface area contributed by atoms with Crippen molar-refractivity contribution in [1.82, 2.24) is 5.32 Å². The van der Waals surface area contributed by atoms with Crippen LogP contribution in [-0.4, -0.2) is 41.6 Å². The minimum absolute atomic E-state index is 0.00855. The van der Waals surface area contributed by atoms with Gasteiger partial charge in [0.25, 0.3) is 0 Å². The third kappa shape index (κ3) is 2.89. The van der Waals surface area contributed by atoms with Gasteiger partial charge in [0.1, 0.15) is 11.9 Å². The van der Waals surface area contributed by atoms with Gasteiger partial charge in [-0.2, -0.15) is 0 Å². The summed E-state index contributed by atoms with van der Waals surface area (Å²) in [5.74, 6) is 1.86. The third-order valence-electron chi connectivity index (χ3n) is 8.99. The third-order valence-corrected chi connectivity index (χ3v) is 8.99. The number of oxime groups is 2. The molecule has 5 aliphatic rings. The van der Waals surface area contributed by atoms with Crippen molar-refractivity contribution < 1.29 is 14.8 Å². The highest BCUT2D eigenvalue weighted by molar-refractivity contribution is 6.09. The zero-order valence-electron chi connectivity index (χ0n) is 17.6. The van der Waals surface area contributed by atoms with Crippen molar-refractivity contribution in [3.05, 3.63) is 11.6 Å². The fourth-order valence-corrected chi connectivity index (χ4v) is 7.22. The summed E-state index contributed by atoms with van der Waals surface area (Å²) in [6, 6.07) is 0. The number of fused-ring (bicyclic) bond motifs is 5. The number of ketones is 1. The molecule has 3 saturated carbocycles. The molecule has 5 rings (SSSR count). The smallest absolute Gasteiger partial charge is 0.141 e. The van der Waals surface area contributed by atoms with Crippen LogP contribution in [0, 0.1) is 28.6 Å². The van der Waals surface area contributed by atoms with Gasteiger partial charge < -0.3 is 15.4 Å². The molecule has 1 aliphatic heterocycles. The topological polar surface area (TPSA) is 83.3 Å². The van der Waals surface area contributed by atoms with Crippen molar-refractivity contribution in [3.8, 4) is 0 Å². The van der Waals surface area contributed by atoms with Crippen LogP contribution < -0.4 is 5.32 Å². The Balaban J connectivity index is 1.44. The van der Waals surface area contributed by atoms with Gasteiger partial charge in [-0.05, 0) is 79.9 Å². The largest absolute Gasteiger partial charge is 0.411 e. The monoisotopic (exact) mass is 399 g/mol. The van der Waals surface area contributed by atoms with E-state index >= 15 is 0 Å². The van der Waals surface area contributed by atoms with Gasteiger partial charge in [-0.25, -0.2) is 0 Å². The lowest BCUT2D eigenvalue weighted by Gasteiger charge is -2.56. The second-order valence-electron chi connectivity index (χ2n) is 10.3. The van der Waals surface area contributed by atoms with Gasteiger partial charge in [0.05, 0.1) is 11.4 Å². The van der Waals surface area contributed by atoms with E-state index in [1.165, 1.54) is 0 Å². The number of rotatable bonds is 2. The number of hydrogen-bond donors (Lipinski definition) is 2. The summed E-state index contributed by atoms with van der Waals surface area (Å²) in [5.41, 5.74) is 2.73. The molecule has 6 nitrogen and oxygen atoms in total. The standard InChI is InChI=1S/C23H33N3O3/c1-22-8-5-14(26-29-15-7-10-24-13-15)11-19(22)20(25-28)12-16-17-3-4-21(27)23(17,2)9-6-18(16)22/h11,15-18,24,28H,3-10,12-13H2,1-2H3/b25-20+,26-14-/t15-,16-,17-,18-,22+,23-/m0/s1. The Labute approximate surface area is 172 Å². The summed E-state index contributed by atoms with van der Waals surface area (Å²) in [6.07, 6.45) is 9.77. The second-order valence-corrected chi connectivity index (χ2v) is 10.3. The van der Waals surface area contributed by atoms with Crippen LogP contribution in [0.1, 0.15) is 65.2 Å². The second kappa shape index (κ2) is 6.93. The number of Topliss-reactive ketones (excluding diaryl/α,β-unsaturated/α-hetero) is 1. The van der Waals surface area contributed by atoms with Crippen molar-refractivity contribution in [3.63, 3.8) is 0 Å². The molecule has 6 atom stereocenters. The minimum Gasteiger partial charge on any atom is -0.411 e. The molecule has 1 heterocycles. The van der Waals surface area contributed by atoms with E-state index in [4.69, 9.17) is 4.84 Å². The van der Waals surface area contributed by atoms with Crippen LogP contribution in [0.25, 0.3) is 0 Å². The van der Waals surface area contributed by atoms with Gasteiger partial charge in [-0.3, -0.25) is 4.79 Å². The molecule has 0 aromatic heterocycles. The molecule has 2 N–H and O–H groups in total. The fourth-order valence-electron chi connectivity index (χ4n) is 7.22. The molecule has 29 heavy (non-hydrogen) atoms. The average Bonchev–Trinajstić information content (AvgIpc) is 3.34. The Morgan fingerprint density at radius 2 is 1.97 bits per heavy atom. The van der Waals surface area contributed by atoms with E-state index in [2.05, 4.69) is 35.6 Å². The molecule has 0 aromatic rings. The number of nitrogens with one attached hydrogen (secondary N) is 1. The molecule has 0 aromatic carbocycles. The molecule has 6 heteroatoms. The number of nitrogens with zero attached hydrogens (tertiary/aromatic N) is 2. The maximum Gasteiger partial charge on any atom is 0.141 e. The van der Waals surface area contributed by atoms with Crippen LogP contribution >= 0.6 is 0 Å². The predicted molar refractivity (Wildman–Crippen MR) is 111 cm³/mol. The maximum absolute atomic E-state index is 12.6. The lowest BCUT2D eigenvalue weighted by Crippen LogP contribution is -2.53. The number of carbonyl (C=O) groups is 1. The number of allylic oxidation sites excluding steroid dienone is 2. The van der Waals surface area contributed by atoms with Crippen LogP contribution in [0.15, 0.2) is 22.0 Å². The van der Waals surface area contributed by atoms with E-state index in [-0.39, 0.29) is 16.9 Å². The molecule has 1 saturated heterocycles. The highest BCUT2D eigenvalue weighted by Gasteiger charge is 2.60. The highest BCUT2D eigenvalue weighted by atomic mass is 16.6. The van der Waals surface area contributed by atoms with Gasteiger partial charge in [0.2, 0.25) is 0 Å². The summed E-state index contributed by atoms with van der Waals surface area (Å²) in [6.45, 7) is 6.38. The molecule has 0 bridgehead atoms. The van der Waals surface area contributed by atoms with Crippen molar-refractivity contribution in [2.45, 2.75) is 71.3 Å². The van der Waals surface area contributed by atoms with Crippen molar-refractivity contribution in [2.75, 3.05) is 13.1 Å². The van der Waals surface area contributed by atoms with E-state index in [9.17, 15) is 10.0 Å². The van der Waals surface area contributed by atoms with Gasteiger partial charge in [0.15, 0.2) is 0 Å². The first-order valence-electron chi connectivity index (χ1n) is 11.4. The lowest BCUT2D eigenvalue weighted by atomic mass is 9.47. The molecular weight excluding hydrogens is 366 g/mol. The van der Waals surface area contributed by atoms with Crippen LogP contribution in [0.2, 0.25) is 0 Å².